The molecule has 7 nitrogen and oxygen atoms in total. The molecular weight excluding hydrogens is 260 g/mol. The van der Waals surface area contributed by atoms with E-state index in [9.17, 15) is 10.1 Å². The summed E-state index contributed by atoms with van der Waals surface area (Å²) in [5, 5.41) is 18.9. The van der Waals surface area contributed by atoms with Gasteiger partial charge in [-0.1, -0.05) is 20.3 Å². The van der Waals surface area contributed by atoms with Crippen molar-refractivity contribution < 1.29 is 9.66 Å². The zero-order valence-corrected chi connectivity index (χ0v) is 12.7. The van der Waals surface area contributed by atoms with Gasteiger partial charge in [0, 0.05) is 26.6 Å². The van der Waals surface area contributed by atoms with Crippen molar-refractivity contribution in [3.05, 3.63) is 21.5 Å². The molecule has 0 spiro atoms. The highest BCUT2D eigenvalue weighted by atomic mass is 16.6. The molecule has 0 amide bonds. The average Bonchev–Trinajstić information content (AvgIpc) is 2.67. The molecule has 1 aromatic heterocycles. The molecule has 0 aliphatic carbocycles. The lowest BCUT2D eigenvalue weighted by Crippen LogP contribution is -2.35. The molecule has 1 rings (SSSR count). The van der Waals surface area contributed by atoms with Gasteiger partial charge in [-0.25, -0.2) is 0 Å². The highest BCUT2D eigenvalue weighted by molar-refractivity contribution is 5.42. The first-order chi connectivity index (χ1) is 9.54. The van der Waals surface area contributed by atoms with Gasteiger partial charge in [0.05, 0.1) is 11.5 Å². The number of hydrogen-bond acceptors (Lipinski definition) is 5. The molecule has 0 aliphatic heterocycles. The maximum Gasteiger partial charge on any atom is 0.313 e. The number of aryl methyl sites for hydroxylation is 2. The first kappa shape index (κ1) is 16.6. The zero-order valence-electron chi connectivity index (χ0n) is 12.7. The molecule has 0 fully saturated rings. The van der Waals surface area contributed by atoms with Crippen molar-refractivity contribution in [1.82, 2.24) is 15.1 Å². The fourth-order valence-electron chi connectivity index (χ4n) is 2.37. The van der Waals surface area contributed by atoms with Crippen LogP contribution in [0.3, 0.4) is 0 Å². The summed E-state index contributed by atoms with van der Waals surface area (Å²) < 4.78 is 6.79. The van der Waals surface area contributed by atoms with Gasteiger partial charge in [0.15, 0.2) is 0 Å². The molecule has 1 aromatic rings. The van der Waals surface area contributed by atoms with Crippen LogP contribution in [0.5, 0.6) is 0 Å². The molecule has 1 heterocycles. The van der Waals surface area contributed by atoms with Gasteiger partial charge in [-0.15, -0.1) is 0 Å². The average molecular weight is 284 g/mol. The van der Waals surface area contributed by atoms with Crippen LogP contribution < -0.4 is 5.32 Å². The summed E-state index contributed by atoms with van der Waals surface area (Å²) in [5.41, 5.74) is 1.39. The smallest absolute Gasteiger partial charge is 0.313 e. The molecule has 0 saturated heterocycles. The minimum Gasteiger partial charge on any atom is -0.383 e. The Hall–Kier alpha value is -1.47. The fourth-order valence-corrected chi connectivity index (χ4v) is 2.37. The number of ether oxygens (including phenoxy) is 1. The van der Waals surface area contributed by atoms with Crippen molar-refractivity contribution in [3.8, 4) is 0 Å². The largest absolute Gasteiger partial charge is 0.383 e. The van der Waals surface area contributed by atoms with E-state index in [2.05, 4.69) is 10.4 Å². The van der Waals surface area contributed by atoms with Crippen LogP contribution in [0.1, 0.15) is 31.7 Å². The van der Waals surface area contributed by atoms with E-state index in [1.54, 1.807) is 18.8 Å². The van der Waals surface area contributed by atoms with Crippen LogP contribution in [0.4, 0.5) is 5.69 Å². The van der Waals surface area contributed by atoms with Crippen LogP contribution in [0.25, 0.3) is 0 Å². The Bertz CT molecular complexity index is 439. The first-order valence-corrected chi connectivity index (χ1v) is 6.96. The van der Waals surface area contributed by atoms with Gasteiger partial charge in [0.2, 0.25) is 0 Å². The molecular formula is C13H24N4O3. The lowest BCUT2D eigenvalue weighted by atomic mass is 10.1. The number of methoxy groups -OCH3 is 1. The van der Waals surface area contributed by atoms with Crippen molar-refractivity contribution in [2.75, 3.05) is 20.3 Å². The van der Waals surface area contributed by atoms with Gasteiger partial charge in [0.25, 0.3) is 0 Å². The summed E-state index contributed by atoms with van der Waals surface area (Å²) in [7, 11) is 3.39. The van der Waals surface area contributed by atoms with Crippen molar-refractivity contribution in [3.63, 3.8) is 0 Å². The minimum atomic E-state index is -0.316. The Morgan fingerprint density at radius 1 is 1.50 bits per heavy atom. The quantitative estimate of drug-likeness (QED) is 0.548. The summed E-state index contributed by atoms with van der Waals surface area (Å²) in [6.45, 7) is 5.30. The summed E-state index contributed by atoms with van der Waals surface area (Å²) in [5.74, 6) is 0. The minimum absolute atomic E-state index is 0.0496. The van der Waals surface area contributed by atoms with E-state index in [4.69, 9.17) is 4.74 Å². The molecule has 1 unspecified atom stereocenters. The van der Waals surface area contributed by atoms with E-state index in [-0.39, 0.29) is 16.7 Å². The fraction of sp³-hybridized carbons (Fsp3) is 0.769. The Balaban J connectivity index is 3.05. The van der Waals surface area contributed by atoms with Gasteiger partial charge in [-0.05, 0) is 13.0 Å². The van der Waals surface area contributed by atoms with Crippen molar-refractivity contribution in [1.29, 1.82) is 0 Å². The van der Waals surface area contributed by atoms with E-state index in [0.717, 1.165) is 13.0 Å². The third-order valence-electron chi connectivity index (χ3n) is 3.18. The number of nitro groups is 1. The topological polar surface area (TPSA) is 82.2 Å². The van der Waals surface area contributed by atoms with Crippen LogP contribution in [-0.4, -0.2) is 41.0 Å². The number of nitrogens with one attached hydrogen (secondary N) is 1. The second-order valence-electron chi connectivity index (χ2n) is 4.79. The lowest BCUT2D eigenvalue weighted by Gasteiger charge is -2.16. The number of nitrogens with zero attached hydrogens (tertiary/aromatic N) is 3. The predicted molar refractivity (Wildman–Crippen MR) is 76.9 cm³/mol. The first-order valence-electron chi connectivity index (χ1n) is 6.96. The molecule has 114 valence electrons. The normalized spacial score (nSPS) is 12.6. The Kier molecular flexibility index (Phi) is 6.60. The van der Waals surface area contributed by atoms with E-state index in [1.807, 2.05) is 13.8 Å². The standard InChI is InChI=1S/C13H24N4O3/c1-5-7-11-13(17(18)19)12(16(3)15-11)8-10(9-20-4)14-6-2/h10,14H,5-9H2,1-4H3. The van der Waals surface area contributed by atoms with Crippen molar-refractivity contribution in [2.45, 2.75) is 39.2 Å². The van der Waals surface area contributed by atoms with E-state index < -0.39 is 0 Å². The zero-order chi connectivity index (χ0) is 15.1. The summed E-state index contributed by atoms with van der Waals surface area (Å²) >= 11 is 0. The molecule has 7 heteroatoms. The van der Waals surface area contributed by atoms with Crippen molar-refractivity contribution >= 4 is 5.69 Å². The molecule has 0 radical (unpaired) electrons. The molecule has 20 heavy (non-hydrogen) atoms. The predicted octanol–water partition coefficient (Wildman–Crippen LogP) is 1.45. The summed E-state index contributed by atoms with van der Waals surface area (Å²) in [6, 6.07) is 0.0496. The highest BCUT2D eigenvalue weighted by Crippen LogP contribution is 2.25. The van der Waals surface area contributed by atoms with Gasteiger partial charge in [-0.3, -0.25) is 14.8 Å². The lowest BCUT2D eigenvalue weighted by molar-refractivity contribution is -0.386. The van der Waals surface area contributed by atoms with Gasteiger partial charge < -0.3 is 10.1 Å². The van der Waals surface area contributed by atoms with E-state index in [0.29, 0.717) is 30.8 Å². The maximum atomic E-state index is 11.3. The van der Waals surface area contributed by atoms with Crippen LogP contribution in [0.15, 0.2) is 0 Å². The van der Waals surface area contributed by atoms with Gasteiger partial charge >= 0.3 is 5.69 Å². The third kappa shape index (κ3) is 4.01. The molecule has 1 atom stereocenters. The second-order valence-corrected chi connectivity index (χ2v) is 4.79. The summed E-state index contributed by atoms with van der Waals surface area (Å²) in [4.78, 5) is 11.0. The summed E-state index contributed by atoms with van der Waals surface area (Å²) in [6.07, 6.45) is 2.00. The SMILES string of the molecule is CCCc1nn(C)c(CC(COC)NCC)c1[N+](=O)[O-]. The Labute approximate surface area is 119 Å². The number of likely N-dealkylation sites (N-methyl/N-ethyl adjacent to an activating group) is 1. The molecule has 1 N–H and O–H groups in total. The highest BCUT2D eigenvalue weighted by Gasteiger charge is 2.27. The second kappa shape index (κ2) is 7.96. The van der Waals surface area contributed by atoms with Crippen LogP contribution in [-0.2, 0) is 24.6 Å². The third-order valence-corrected chi connectivity index (χ3v) is 3.18. The number of aromatic nitrogens is 2. The van der Waals surface area contributed by atoms with Crippen molar-refractivity contribution in [2.24, 2.45) is 7.05 Å². The van der Waals surface area contributed by atoms with Gasteiger partial charge in [0.1, 0.15) is 11.4 Å². The van der Waals surface area contributed by atoms with Crippen LogP contribution in [0.2, 0.25) is 0 Å². The molecule has 0 aliphatic rings. The molecule has 0 aromatic carbocycles. The Morgan fingerprint density at radius 3 is 2.70 bits per heavy atom. The Morgan fingerprint density at radius 2 is 2.20 bits per heavy atom. The van der Waals surface area contributed by atoms with E-state index in [1.165, 1.54) is 0 Å². The molecule has 0 bridgehead atoms. The van der Waals surface area contributed by atoms with Crippen LogP contribution >= 0.6 is 0 Å². The van der Waals surface area contributed by atoms with Gasteiger partial charge in [-0.2, -0.15) is 5.10 Å². The van der Waals surface area contributed by atoms with E-state index >= 15 is 0 Å². The van der Waals surface area contributed by atoms with Crippen LogP contribution in [0, 0.1) is 10.1 Å². The monoisotopic (exact) mass is 284 g/mol. The maximum absolute atomic E-state index is 11.3. The number of hydrogen-bond donors (Lipinski definition) is 1. The number of rotatable bonds is 9. The molecule has 0 saturated carbocycles.